The van der Waals surface area contributed by atoms with Gasteiger partial charge in [0.2, 0.25) is 5.91 Å². The zero-order valence-corrected chi connectivity index (χ0v) is 21.8. The van der Waals surface area contributed by atoms with Gasteiger partial charge in [0.15, 0.2) is 0 Å². The zero-order chi connectivity index (χ0) is 28.1. The Labute approximate surface area is 225 Å². The maximum atomic E-state index is 13.9. The van der Waals surface area contributed by atoms with E-state index in [1.807, 2.05) is 18.2 Å². The van der Waals surface area contributed by atoms with E-state index in [9.17, 15) is 28.3 Å². The minimum Gasteiger partial charge on any atom is -0.390 e. The molecule has 1 aliphatic heterocycles. The third-order valence-corrected chi connectivity index (χ3v) is 6.84. The van der Waals surface area contributed by atoms with Crippen molar-refractivity contribution in [2.75, 3.05) is 6.54 Å². The lowest BCUT2D eigenvalue weighted by molar-refractivity contribution is -0.126. The van der Waals surface area contributed by atoms with E-state index in [0.717, 1.165) is 35.1 Å². The lowest BCUT2D eigenvalue weighted by Crippen LogP contribution is -2.55. The fourth-order valence-electron chi connectivity index (χ4n) is 4.71. The fourth-order valence-corrected chi connectivity index (χ4v) is 4.71. The molecule has 204 valence electrons. The Kier molecular flexibility index (Phi) is 8.83. The highest BCUT2D eigenvalue weighted by molar-refractivity contribution is 6.22. The molecule has 3 atom stereocenters. The predicted molar refractivity (Wildman–Crippen MR) is 142 cm³/mol. The van der Waals surface area contributed by atoms with Crippen molar-refractivity contribution in [3.63, 3.8) is 0 Å². The molecule has 0 fully saturated rings. The smallest absolute Gasteiger partial charge is 0.262 e. The van der Waals surface area contributed by atoms with Gasteiger partial charge in [0.25, 0.3) is 11.8 Å². The van der Waals surface area contributed by atoms with E-state index >= 15 is 0 Å². The van der Waals surface area contributed by atoms with Gasteiger partial charge in [-0.2, -0.15) is 0 Å². The van der Waals surface area contributed by atoms with E-state index in [1.165, 1.54) is 24.6 Å². The monoisotopic (exact) mass is 535 g/mol. The molecule has 1 unspecified atom stereocenters. The maximum absolute atomic E-state index is 13.9. The van der Waals surface area contributed by atoms with Gasteiger partial charge >= 0.3 is 0 Å². The standard InChI is InChI=1S/C30H31F2N3O4/c1-3-19-7-6-8-20(11-19)16-33-17-27(36)26(14-21-12-22(31)15-23(32)13-21)34-28(37)18(2)35-29(38)24-9-4-5-10-25(24)30(35)39/h4-13,15,18,26-27,33,36H,3,14,16-17H2,1-2H3,(H,34,37)/t18?,26-,27-/m0/s1. The van der Waals surface area contributed by atoms with Crippen molar-refractivity contribution in [2.45, 2.75) is 51.4 Å². The molecular weight excluding hydrogens is 504 g/mol. The van der Waals surface area contributed by atoms with Gasteiger partial charge in [-0.25, -0.2) is 8.78 Å². The molecule has 0 aliphatic carbocycles. The first-order chi connectivity index (χ1) is 18.7. The average Bonchev–Trinajstić information content (AvgIpc) is 3.17. The van der Waals surface area contributed by atoms with Crippen LogP contribution < -0.4 is 10.6 Å². The van der Waals surface area contributed by atoms with E-state index in [0.29, 0.717) is 6.54 Å². The molecule has 0 saturated carbocycles. The summed E-state index contributed by atoms with van der Waals surface area (Å²) in [4.78, 5) is 39.8. The fraction of sp³-hybridized carbons (Fsp3) is 0.300. The Morgan fingerprint density at radius 2 is 1.51 bits per heavy atom. The first-order valence-electron chi connectivity index (χ1n) is 12.9. The first-order valence-corrected chi connectivity index (χ1v) is 12.9. The van der Waals surface area contributed by atoms with Gasteiger partial charge in [0.1, 0.15) is 17.7 Å². The number of halogens is 2. The number of aliphatic hydroxyl groups excluding tert-OH is 1. The van der Waals surface area contributed by atoms with Crippen LogP contribution in [0.25, 0.3) is 0 Å². The Balaban J connectivity index is 1.47. The Hall–Kier alpha value is -3.95. The predicted octanol–water partition coefficient (Wildman–Crippen LogP) is 3.39. The molecule has 7 nitrogen and oxygen atoms in total. The number of aryl methyl sites for hydroxylation is 1. The van der Waals surface area contributed by atoms with Crippen LogP contribution in [0.2, 0.25) is 0 Å². The minimum absolute atomic E-state index is 0.0699. The van der Waals surface area contributed by atoms with Gasteiger partial charge in [0.05, 0.1) is 23.3 Å². The number of carbonyl (C=O) groups is 3. The molecule has 3 aromatic rings. The number of hydrogen-bond acceptors (Lipinski definition) is 5. The van der Waals surface area contributed by atoms with Crippen molar-refractivity contribution in [1.82, 2.24) is 15.5 Å². The molecule has 1 heterocycles. The van der Waals surface area contributed by atoms with E-state index in [1.54, 1.807) is 12.1 Å². The van der Waals surface area contributed by atoms with Crippen molar-refractivity contribution < 1.29 is 28.3 Å². The van der Waals surface area contributed by atoms with Gasteiger partial charge in [-0.1, -0.05) is 43.3 Å². The summed E-state index contributed by atoms with van der Waals surface area (Å²) in [6.45, 7) is 4.01. The highest BCUT2D eigenvalue weighted by Crippen LogP contribution is 2.24. The van der Waals surface area contributed by atoms with Gasteiger partial charge < -0.3 is 15.7 Å². The van der Waals surface area contributed by atoms with Gasteiger partial charge in [-0.3, -0.25) is 19.3 Å². The topological polar surface area (TPSA) is 98.7 Å². The normalized spacial score (nSPS) is 15.2. The second kappa shape index (κ2) is 12.3. The van der Waals surface area contributed by atoms with Crippen molar-refractivity contribution in [3.8, 4) is 0 Å². The number of imide groups is 1. The molecular formula is C30H31F2N3O4. The zero-order valence-electron chi connectivity index (χ0n) is 21.8. The summed E-state index contributed by atoms with van der Waals surface area (Å²) < 4.78 is 27.7. The van der Waals surface area contributed by atoms with Crippen LogP contribution in [-0.2, 0) is 24.2 Å². The maximum Gasteiger partial charge on any atom is 0.262 e. The van der Waals surface area contributed by atoms with Crippen molar-refractivity contribution in [3.05, 3.63) is 106 Å². The average molecular weight is 536 g/mol. The molecule has 3 amide bonds. The van der Waals surface area contributed by atoms with Crippen LogP contribution in [0.1, 0.15) is 51.3 Å². The minimum atomic E-state index is -1.18. The van der Waals surface area contributed by atoms with Crippen LogP contribution in [0.3, 0.4) is 0 Å². The number of nitrogens with zero attached hydrogens (tertiary/aromatic N) is 1. The number of benzene rings is 3. The van der Waals surface area contributed by atoms with Gasteiger partial charge in [-0.15, -0.1) is 0 Å². The molecule has 9 heteroatoms. The molecule has 0 spiro atoms. The summed E-state index contributed by atoms with van der Waals surface area (Å²) in [7, 11) is 0. The van der Waals surface area contributed by atoms with E-state index in [4.69, 9.17) is 0 Å². The van der Waals surface area contributed by atoms with Crippen molar-refractivity contribution in [1.29, 1.82) is 0 Å². The molecule has 0 aromatic heterocycles. The number of aliphatic hydroxyl groups is 1. The van der Waals surface area contributed by atoms with Crippen LogP contribution in [0, 0.1) is 11.6 Å². The largest absolute Gasteiger partial charge is 0.390 e. The molecule has 3 aromatic carbocycles. The molecule has 0 saturated heterocycles. The summed E-state index contributed by atoms with van der Waals surface area (Å²) in [5.74, 6) is -3.41. The van der Waals surface area contributed by atoms with Crippen LogP contribution in [0.5, 0.6) is 0 Å². The Morgan fingerprint density at radius 3 is 2.13 bits per heavy atom. The van der Waals surface area contributed by atoms with Crippen LogP contribution in [0.15, 0.2) is 66.7 Å². The molecule has 0 bridgehead atoms. The van der Waals surface area contributed by atoms with Gasteiger partial charge in [0, 0.05) is 19.2 Å². The number of nitrogens with one attached hydrogen (secondary N) is 2. The quantitative estimate of drug-likeness (QED) is 0.327. The van der Waals surface area contributed by atoms with Gasteiger partial charge in [-0.05, 0) is 60.7 Å². The lowest BCUT2D eigenvalue weighted by atomic mass is 10.00. The summed E-state index contributed by atoms with van der Waals surface area (Å²) in [5.41, 5.74) is 2.86. The van der Waals surface area contributed by atoms with E-state index < -0.39 is 47.5 Å². The van der Waals surface area contributed by atoms with Crippen LogP contribution in [-0.4, -0.2) is 52.5 Å². The highest BCUT2D eigenvalue weighted by atomic mass is 19.1. The molecule has 3 N–H and O–H groups in total. The Morgan fingerprint density at radius 1 is 0.897 bits per heavy atom. The number of carbonyl (C=O) groups excluding carboxylic acids is 3. The van der Waals surface area contributed by atoms with E-state index in [-0.39, 0.29) is 29.7 Å². The third kappa shape index (κ3) is 6.55. The number of hydrogen-bond donors (Lipinski definition) is 3. The van der Waals surface area contributed by atoms with Crippen LogP contribution in [0.4, 0.5) is 8.78 Å². The van der Waals surface area contributed by atoms with Crippen molar-refractivity contribution in [2.24, 2.45) is 0 Å². The second-order valence-electron chi connectivity index (χ2n) is 9.67. The molecule has 1 aliphatic rings. The first kappa shape index (κ1) is 28.1. The summed E-state index contributed by atoms with van der Waals surface area (Å²) in [6, 6.07) is 15.2. The van der Waals surface area contributed by atoms with E-state index in [2.05, 4.69) is 23.6 Å². The van der Waals surface area contributed by atoms with Crippen LogP contribution >= 0.6 is 0 Å². The third-order valence-electron chi connectivity index (χ3n) is 6.84. The highest BCUT2D eigenvalue weighted by Gasteiger charge is 2.41. The lowest BCUT2D eigenvalue weighted by Gasteiger charge is -2.28. The number of amides is 3. The summed E-state index contributed by atoms with van der Waals surface area (Å²) >= 11 is 0. The summed E-state index contributed by atoms with van der Waals surface area (Å²) in [5, 5.41) is 16.9. The number of fused-ring (bicyclic) bond motifs is 1. The van der Waals surface area contributed by atoms with Crippen molar-refractivity contribution >= 4 is 17.7 Å². The SMILES string of the molecule is CCc1cccc(CNC[C@H](O)[C@H](Cc2cc(F)cc(F)c2)NC(=O)C(C)N2C(=O)c3ccccc3C2=O)c1. The molecule has 39 heavy (non-hydrogen) atoms. The molecule has 0 radical (unpaired) electrons. The number of rotatable bonds is 11. The molecule has 4 rings (SSSR count). The summed E-state index contributed by atoms with van der Waals surface area (Å²) in [6.07, 6.45) is -0.340. The Bertz CT molecular complexity index is 1320. The second-order valence-corrected chi connectivity index (χ2v) is 9.67.